The van der Waals surface area contributed by atoms with Crippen molar-refractivity contribution >= 4 is 11.6 Å². The fourth-order valence-corrected chi connectivity index (χ4v) is 1.09. The molecule has 4 heteroatoms. The lowest BCUT2D eigenvalue weighted by atomic mass is 10.1. The van der Waals surface area contributed by atoms with Crippen molar-refractivity contribution in [3.63, 3.8) is 0 Å². The van der Waals surface area contributed by atoms with Gasteiger partial charge >= 0.3 is 0 Å². The molecule has 1 aromatic carbocycles. The van der Waals surface area contributed by atoms with E-state index in [9.17, 15) is 4.79 Å². The van der Waals surface area contributed by atoms with Crippen LogP contribution in [0.4, 0.5) is 5.69 Å². The average molecular weight is 193 g/mol. The molecule has 0 aliphatic carbocycles. The monoisotopic (exact) mass is 193 g/mol. The minimum Gasteiger partial charge on any atom is -0.399 e. The van der Waals surface area contributed by atoms with Crippen LogP contribution in [0.15, 0.2) is 24.3 Å². The van der Waals surface area contributed by atoms with Crippen LogP contribution in [0.1, 0.15) is 5.56 Å². The van der Waals surface area contributed by atoms with Crippen molar-refractivity contribution in [2.75, 3.05) is 18.8 Å². The second-order valence-corrected chi connectivity index (χ2v) is 3.06. The minimum absolute atomic E-state index is 0.0137. The van der Waals surface area contributed by atoms with Crippen molar-refractivity contribution < 1.29 is 4.79 Å². The Morgan fingerprint density at radius 3 is 2.50 bits per heavy atom. The molecule has 14 heavy (non-hydrogen) atoms. The number of hydrogen-bond donors (Lipinski definition) is 3. The summed E-state index contributed by atoms with van der Waals surface area (Å²) < 4.78 is 0. The molecule has 76 valence electrons. The number of nitrogens with one attached hydrogen (secondary N) is 1. The van der Waals surface area contributed by atoms with Gasteiger partial charge in [0.05, 0.1) is 6.42 Å². The molecule has 0 spiro atoms. The lowest BCUT2D eigenvalue weighted by Gasteiger charge is -2.03. The zero-order valence-corrected chi connectivity index (χ0v) is 7.99. The number of nitrogen functional groups attached to an aromatic ring is 1. The van der Waals surface area contributed by atoms with Crippen LogP contribution in [0.2, 0.25) is 0 Å². The standard InChI is InChI=1S/C10H15N3O/c11-5-6-13-10(14)7-8-1-3-9(12)4-2-8/h1-4H,5-7,11-12H2,(H,13,14). The highest BCUT2D eigenvalue weighted by atomic mass is 16.1. The van der Waals surface area contributed by atoms with Crippen LogP contribution in [0.5, 0.6) is 0 Å². The Bertz CT molecular complexity index is 295. The molecule has 0 fully saturated rings. The van der Waals surface area contributed by atoms with Crippen molar-refractivity contribution in [3.8, 4) is 0 Å². The van der Waals surface area contributed by atoms with E-state index in [1.54, 1.807) is 12.1 Å². The Hall–Kier alpha value is -1.55. The molecule has 5 N–H and O–H groups in total. The molecule has 1 rings (SSSR count). The molecule has 1 amide bonds. The molecule has 0 saturated heterocycles. The fraction of sp³-hybridized carbons (Fsp3) is 0.300. The van der Waals surface area contributed by atoms with Gasteiger partial charge < -0.3 is 16.8 Å². The molecule has 0 radical (unpaired) electrons. The summed E-state index contributed by atoms with van der Waals surface area (Å²) in [5.74, 6) is -0.0137. The smallest absolute Gasteiger partial charge is 0.224 e. The zero-order chi connectivity index (χ0) is 10.4. The predicted molar refractivity (Wildman–Crippen MR) is 56.6 cm³/mol. The maximum atomic E-state index is 11.3. The third kappa shape index (κ3) is 3.45. The summed E-state index contributed by atoms with van der Waals surface area (Å²) in [6.07, 6.45) is 0.375. The highest BCUT2D eigenvalue weighted by Crippen LogP contribution is 2.05. The van der Waals surface area contributed by atoms with E-state index < -0.39 is 0 Å². The molecule has 0 saturated carbocycles. The van der Waals surface area contributed by atoms with Gasteiger partial charge in [-0.25, -0.2) is 0 Å². The summed E-state index contributed by atoms with van der Waals surface area (Å²) in [6.45, 7) is 0.987. The maximum Gasteiger partial charge on any atom is 0.224 e. The van der Waals surface area contributed by atoms with E-state index in [0.29, 0.717) is 25.2 Å². The molecule has 0 aromatic heterocycles. The van der Waals surface area contributed by atoms with Crippen molar-refractivity contribution in [2.45, 2.75) is 6.42 Å². The van der Waals surface area contributed by atoms with Gasteiger partial charge in [-0.1, -0.05) is 12.1 Å². The SMILES string of the molecule is NCCNC(=O)Cc1ccc(N)cc1. The Morgan fingerprint density at radius 2 is 1.93 bits per heavy atom. The summed E-state index contributed by atoms with van der Waals surface area (Å²) in [7, 11) is 0. The van der Waals surface area contributed by atoms with Crippen LogP contribution >= 0.6 is 0 Å². The fourth-order valence-electron chi connectivity index (χ4n) is 1.09. The minimum atomic E-state index is -0.0137. The lowest BCUT2D eigenvalue weighted by molar-refractivity contribution is -0.120. The van der Waals surface area contributed by atoms with Crippen molar-refractivity contribution in [1.82, 2.24) is 5.32 Å². The Labute approximate surface area is 83.3 Å². The number of benzene rings is 1. The lowest BCUT2D eigenvalue weighted by Crippen LogP contribution is -2.30. The molecular weight excluding hydrogens is 178 g/mol. The van der Waals surface area contributed by atoms with E-state index in [1.807, 2.05) is 12.1 Å². The Kier molecular flexibility index (Phi) is 3.94. The number of rotatable bonds is 4. The van der Waals surface area contributed by atoms with Crippen LogP contribution < -0.4 is 16.8 Å². The van der Waals surface area contributed by atoms with E-state index in [2.05, 4.69) is 5.32 Å². The molecular formula is C10H15N3O. The molecule has 0 atom stereocenters. The van der Waals surface area contributed by atoms with Gasteiger partial charge in [-0.05, 0) is 17.7 Å². The van der Waals surface area contributed by atoms with Gasteiger partial charge in [-0.3, -0.25) is 4.79 Å². The third-order valence-corrected chi connectivity index (χ3v) is 1.81. The van der Waals surface area contributed by atoms with Crippen molar-refractivity contribution in [1.29, 1.82) is 0 Å². The van der Waals surface area contributed by atoms with Crippen molar-refractivity contribution in [3.05, 3.63) is 29.8 Å². The van der Waals surface area contributed by atoms with E-state index in [4.69, 9.17) is 11.5 Å². The molecule has 0 aliphatic rings. The van der Waals surface area contributed by atoms with Crippen LogP contribution in [-0.2, 0) is 11.2 Å². The predicted octanol–water partition coefficient (Wildman–Crippen LogP) is -0.114. The summed E-state index contributed by atoms with van der Waals surface area (Å²) in [4.78, 5) is 11.3. The van der Waals surface area contributed by atoms with Gasteiger partial charge in [0.15, 0.2) is 0 Å². The quantitative estimate of drug-likeness (QED) is 0.583. The van der Waals surface area contributed by atoms with Crippen LogP contribution in [0, 0.1) is 0 Å². The van der Waals surface area contributed by atoms with Crippen LogP contribution in [-0.4, -0.2) is 19.0 Å². The Morgan fingerprint density at radius 1 is 1.29 bits per heavy atom. The largest absolute Gasteiger partial charge is 0.399 e. The number of amides is 1. The molecule has 1 aromatic rings. The molecule has 0 aliphatic heterocycles. The van der Waals surface area contributed by atoms with Crippen LogP contribution in [0.25, 0.3) is 0 Å². The maximum absolute atomic E-state index is 11.3. The first-order valence-electron chi connectivity index (χ1n) is 4.53. The van der Waals surface area contributed by atoms with Crippen LogP contribution in [0.3, 0.4) is 0 Å². The number of hydrogen-bond acceptors (Lipinski definition) is 3. The van der Waals surface area contributed by atoms with Gasteiger partial charge in [0, 0.05) is 18.8 Å². The topological polar surface area (TPSA) is 81.1 Å². The molecule has 4 nitrogen and oxygen atoms in total. The second kappa shape index (κ2) is 5.24. The molecule has 0 bridgehead atoms. The van der Waals surface area contributed by atoms with E-state index >= 15 is 0 Å². The number of carbonyl (C=O) groups excluding carboxylic acids is 1. The van der Waals surface area contributed by atoms with Gasteiger partial charge in [-0.2, -0.15) is 0 Å². The highest BCUT2D eigenvalue weighted by molar-refractivity contribution is 5.78. The summed E-state index contributed by atoms with van der Waals surface area (Å²) >= 11 is 0. The van der Waals surface area contributed by atoms with Crippen molar-refractivity contribution in [2.24, 2.45) is 5.73 Å². The molecule has 0 unspecified atom stereocenters. The summed E-state index contributed by atoms with van der Waals surface area (Å²) in [5.41, 5.74) is 12.4. The normalized spacial score (nSPS) is 9.79. The van der Waals surface area contributed by atoms with Gasteiger partial charge in [0.2, 0.25) is 5.91 Å². The zero-order valence-electron chi connectivity index (χ0n) is 7.99. The van der Waals surface area contributed by atoms with Gasteiger partial charge in [-0.15, -0.1) is 0 Å². The number of carbonyl (C=O) groups is 1. The first-order valence-corrected chi connectivity index (χ1v) is 4.53. The van der Waals surface area contributed by atoms with E-state index in [0.717, 1.165) is 5.56 Å². The first-order chi connectivity index (χ1) is 6.72. The average Bonchev–Trinajstić information content (AvgIpc) is 2.18. The highest BCUT2D eigenvalue weighted by Gasteiger charge is 2.01. The summed E-state index contributed by atoms with van der Waals surface area (Å²) in [6, 6.07) is 7.26. The molecule has 0 heterocycles. The first kappa shape index (κ1) is 10.5. The second-order valence-electron chi connectivity index (χ2n) is 3.06. The Balaban J connectivity index is 2.44. The number of nitrogens with two attached hydrogens (primary N) is 2. The van der Waals surface area contributed by atoms with E-state index in [-0.39, 0.29) is 5.91 Å². The van der Waals surface area contributed by atoms with E-state index in [1.165, 1.54) is 0 Å². The third-order valence-electron chi connectivity index (χ3n) is 1.81. The van der Waals surface area contributed by atoms with Gasteiger partial charge in [0.25, 0.3) is 0 Å². The number of anilines is 1. The summed E-state index contributed by atoms with van der Waals surface area (Å²) in [5, 5.41) is 2.70. The van der Waals surface area contributed by atoms with Gasteiger partial charge in [0.1, 0.15) is 0 Å².